The van der Waals surface area contributed by atoms with Crippen molar-refractivity contribution in [1.29, 1.82) is 0 Å². The van der Waals surface area contributed by atoms with Crippen LogP contribution in [0.2, 0.25) is 0 Å². The Morgan fingerprint density at radius 3 is 2.61 bits per heavy atom. The van der Waals surface area contributed by atoms with Gasteiger partial charge in [0.2, 0.25) is 0 Å². The van der Waals surface area contributed by atoms with Crippen LogP contribution in [0.3, 0.4) is 0 Å². The van der Waals surface area contributed by atoms with Crippen molar-refractivity contribution < 1.29 is 8.42 Å². The maximum Gasteiger partial charge on any atom is 0.156 e. The van der Waals surface area contributed by atoms with Crippen LogP contribution < -0.4 is 5.73 Å². The normalized spacial score (nSPS) is 13.8. The highest BCUT2D eigenvalue weighted by molar-refractivity contribution is 9.10. The van der Waals surface area contributed by atoms with Gasteiger partial charge in [0.1, 0.15) is 0 Å². The number of sulfone groups is 1. The molecule has 0 saturated carbocycles. The van der Waals surface area contributed by atoms with Crippen LogP contribution in [-0.4, -0.2) is 30.5 Å². The maximum atomic E-state index is 12.1. The monoisotopic (exact) mass is 337 g/mol. The zero-order chi connectivity index (χ0) is 13.9. The fraction of sp³-hybridized carbons (Fsp3) is 0.727. The van der Waals surface area contributed by atoms with Crippen LogP contribution >= 0.6 is 15.9 Å². The molecule has 0 aliphatic heterocycles. The number of nitrogens with two attached hydrogens (primary N) is 1. The lowest BCUT2D eigenvalue weighted by atomic mass is 10.2. The number of nitrogens with zero attached hydrogens (tertiary/aromatic N) is 2. The van der Waals surface area contributed by atoms with Crippen molar-refractivity contribution in [3.05, 3.63) is 15.9 Å². The molecule has 1 unspecified atom stereocenters. The summed E-state index contributed by atoms with van der Waals surface area (Å²) in [7, 11) is -3.16. The van der Waals surface area contributed by atoms with Crippen LogP contribution in [0, 0.1) is 12.8 Å². The molecule has 7 heteroatoms. The summed E-state index contributed by atoms with van der Waals surface area (Å²) in [5.41, 5.74) is 7.01. The highest BCUT2D eigenvalue weighted by Gasteiger charge is 2.21. The largest absolute Gasteiger partial charge is 0.330 e. The average Bonchev–Trinajstić information content (AvgIpc) is 2.55. The number of hydrogen-bond donors (Lipinski definition) is 1. The third-order valence-electron chi connectivity index (χ3n) is 2.75. The van der Waals surface area contributed by atoms with Gasteiger partial charge in [0.15, 0.2) is 9.84 Å². The van der Waals surface area contributed by atoms with E-state index >= 15 is 0 Å². The molecule has 1 atom stereocenters. The van der Waals surface area contributed by atoms with Gasteiger partial charge in [0.25, 0.3) is 0 Å². The lowest BCUT2D eigenvalue weighted by Crippen LogP contribution is -2.23. The van der Waals surface area contributed by atoms with Gasteiger partial charge in [-0.05, 0) is 42.2 Å². The van der Waals surface area contributed by atoms with Crippen LogP contribution in [0.15, 0.2) is 4.47 Å². The Morgan fingerprint density at radius 2 is 2.11 bits per heavy atom. The number of rotatable bonds is 6. The van der Waals surface area contributed by atoms with E-state index in [9.17, 15) is 8.42 Å². The second kappa shape index (κ2) is 6.16. The minimum absolute atomic E-state index is 0.00655. The van der Waals surface area contributed by atoms with E-state index in [2.05, 4.69) is 21.0 Å². The first-order valence-corrected chi connectivity index (χ1v) is 8.54. The maximum absolute atomic E-state index is 12.1. The summed E-state index contributed by atoms with van der Waals surface area (Å²) in [6.45, 7) is 6.68. The smallest absolute Gasteiger partial charge is 0.156 e. The molecule has 18 heavy (non-hydrogen) atoms. The molecule has 2 N–H and O–H groups in total. The topological polar surface area (TPSA) is 78.0 Å². The minimum atomic E-state index is -3.16. The van der Waals surface area contributed by atoms with Gasteiger partial charge in [-0.3, -0.25) is 4.68 Å². The fourth-order valence-corrected chi connectivity index (χ4v) is 4.22. The predicted molar refractivity (Wildman–Crippen MR) is 76.0 cm³/mol. The fourth-order valence-electron chi connectivity index (χ4n) is 1.78. The molecule has 0 spiro atoms. The highest BCUT2D eigenvalue weighted by atomic mass is 79.9. The molecule has 0 aliphatic carbocycles. The molecule has 104 valence electrons. The first kappa shape index (κ1) is 15.7. The van der Waals surface area contributed by atoms with Crippen LogP contribution in [0.25, 0.3) is 0 Å². The van der Waals surface area contributed by atoms with Crippen LogP contribution in [0.1, 0.15) is 25.2 Å². The molecule has 1 aromatic heterocycles. The summed E-state index contributed by atoms with van der Waals surface area (Å²) >= 11 is 3.41. The summed E-state index contributed by atoms with van der Waals surface area (Å²) in [6, 6.07) is 0. The van der Waals surface area contributed by atoms with Gasteiger partial charge in [-0.2, -0.15) is 5.10 Å². The van der Waals surface area contributed by atoms with Gasteiger partial charge < -0.3 is 5.73 Å². The van der Waals surface area contributed by atoms with E-state index in [1.165, 1.54) is 0 Å². The van der Waals surface area contributed by atoms with E-state index in [1.54, 1.807) is 4.68 Å². The van der Waals surface area contributed by atoms with Crippen molar-refractivity contribution in [3.8, 4) is 0 Å². The van der Waals surface area contributed by atoms with Crippen LogP contribution in [0.5, 0.6) is 0 Å². The molecule has 0 fully saturated rings. The first-order chi connectivity index (χ1) is 8.30. The zero-order valence-corrected chi connectivity index (χ0v) is 13.4. The Morgan fingerprint density at radius 1 is 1.50 bits per heavy atom. The summed E-state index contributed by atoms with van der Waals surface area (Å²) in [6.07, 6.45) is 0. The van der Waals surface area contributed by atoms with E-state index in [4.69, 9.17) is 5.73 Å². The zero-order valence-electron chi connectivity index (χ0n) is 11.0. The molecule has 5 nitrogen and oxygen atoms in total. The molecule has 1 heterocycles. The van der Waals surface area contributed by atoms with E-state index in [0.29, 0.717) is 13.1 Å². The lowest BCUT2D eigenvalue weighted by molar-refractivity contribution is 0.566. The molecule has 0 bridgehead atoms. The summed E-state index contributed by atoms with van der Waals surface area (Å²) < 4.78 is 26.7. The lowest BCUT2D eigenvalue weighted by Gasteiger charge is -2.10. The number of aryl methyl sites for hydroxylation is 2. The average molecular weight is 338 g/mol. The van der Waals surface area contributed by atoms with Crippen LogP contribution in [-0.2, 0) is 22.1 Å². The standard InChI is InChI=1S/C11H20BrN3O2S/c1-4-15-10(11(12)9(3)14-15)7-18(16,17)6-8(2)5-13/h8H,4-7,13H2,1-3H3. The van der Waals surface area contributed by atoms with Gasteiger partial charge in [0.05, 0.1) is 27.4 Å². The molecule has 0 aromatic carbocycles. The Kier molecular flexibility index (Phi) is 5.36. The molecule has 1 aromatic rings. The number of hydrogen-bond acceptors (Lipinski definition) is 4. The SMILES string of the molecule is CCn1nc(C)c(Br)c1CS(=O)(=O)CC(C)CN. The van der Waals surface area contributed by atoms with Gasteiger partial charge in [0, 0.05) is 6.54 Å². The van der Waals surface area contributed by atoms with Gasteiger partial charge in [-0.25, -0.2) is 8.42 Å². The minimum Gasteiger partial charge on any atom is -0.330 e. The Labute approximate surface area is 117 Å². The van der Waals surface area contributed by atoms with Crippen LogP contribution in [0.4, 0.5) is 0 Å². The summed E-state index contributed by atoms with van der Waals surface area (Å²) in [4.78, 5) is 0. The van der Waals surface area contributed by atoms with Crippen molar-refractivity contribution in [2.45, 2.75) is 33.1 Å². The van der Waals surface area contributed by atoms with E-state index in [0.717, 1.165) is 15.9 Å². The van der Waals surface area contributed by atoms with Gasteiger partial charge in [-0.1, -0.05) is 6.92 Å². The van der Waals surface area contributed by atoms with Gasteiger partial charge >= 0.3 is 0 Å². The highest BCUT2D eigenvalue weighted by Crippen LogP contribution is 2.23. The number of halogens is 1. The van der Waals surface area contributed by atoms with E-state index in [1.807, 2.05) is 20.8 Å². The van der Waals surface area contributed by atoms with E-state index in [-0.39, 0.29) is 17.4 Å². The Bertz CT molecular complexity index is 511. The molecule has 1 rings (SSSR count). The third-order valence-corrected chi connectivity index (χ3v) is 5.57. The molecule has 0 saturated heterocycles. The molecule has 0 amide bonds. The molecular formula is C11H20BrN3O2S. The molecular weight excluding hydrogens is 318 g/mol. The summed E-state index contributed by atoms with van der Waals surface area (Å²) in [5, 5.41) is 4.29. The molecule has 0 aliphatic rings. The second-order valence-corrected chi connectivity index (χ2v) is 7.46. The second-order valence-electron chi connectivity index (χ2n) is 4.56. The Hall–Kier alpha value is -0.400. The van der Waals surface area contributed by atoms with Gasteiger partial charge in [-0.15, -0.1) is 0 Å². The van der Waals surface area contributed by atoms with Crippen molar-refractivity contribution >= 4 is 25.8 Å². The summed E-state index contributed by atoms with van der Waals surface area (Å²) in [5.74, 6) is 0.101. The van der Waals surface area contributed by atoms with Crippen molar-refractivity contribution in [2.24, 2.45) is 11.7 Å². The first-order valence-electron chi connectivity index (χ1n) is 5.93. The molecule has 0 radical (unpaired) electrons. The predicted octanol–water partition coefficient (Wildman–Crippen LogP) is 1.48. The van der Waals surface area contributed by atoms with Crippen molar-refractivity contribution in [1.82, 2.24) is 9.78 Å². The quantitative estimate of drug-likeness (QED) is 0.852. The van der Waals surface area contributed by atoms with Crippen molar-refractivity contribution in [2.75, 3.05) is 12.3 Å². The van der Waals surface area contributed by atoms with Crippen molar-refractivity contribution in [3.63, 3.8) is 0 Å². The Balaban J connectivity index is 2.97. The van der Waals surface area contributed by atoms with E-state index < -0.39 is 9.84 Å². The number of aromatic nitrogens is 2. The third kappa shape index (κ3) is 3.80.